The summed E-state index contributed by atoms with van der Waals surface area (Å²) in [5, 5.41) is 2.44. The van der Waals surface area contributed by atoms with E-state index in [1.165, 1.54) is 23.1 Å². The number of hydrogen-bond donors (Lipinski definition) is 2. The molecule has 0 spiro atoms. The van der Waals surface area contributed by atoms with Gasteiger partial charge in [-0.25, -0.2) is 0 Å². The maximum Gasteiger partial charge on any atom is 0.416 e. The summed E-state index contributed by atoms with van der Waals surface area (Å²) < 4.78 is 39.0. The minimum Gasteiger partial charge on any atom is -0.342 e. The zero-order valence-electron chi connectivity index (χ0n) is 14.9. The second-order valence-corrected chi connectivity index (χ2v) is 5.97. The number of rotatable bonds is 5. The number of halogens is 3. The Morgan fingerprint density at radius 1 is 1.11 bits per heavy atom. The van der Waals surface area contributed by atoms with Crippen LogP contribution in [0.2, 0.25) is 0 Å². The fraction of sp³-hybridized carbons (Fsp3) is 0.263. The van der Waals surface area contributed by atoms with Gasteiger partial charge in [-0.3, -0.25) is 9.59 Å². The molecule has 3 N–H and O–H groups in total. The van der Waals surface area contributed by atoms with Gasteiger partial charge in [0.2, 0.25) is 0 Å². The monoisotopic (exact) mass is 379 g/mol. The van der Waals surface area contributed by atoms with Crippen molar-refractivity contribution in [2.45, 2.75) is 19.6 Å². The predicted molar refractivity (Wildman–Crippen MR) is 96.4 cm³/mol. The van der Waals surface area contributed by atoms with E-state index >= 15 is 0 Å². The molecule has 0 bridgehead atoms. The number of nitrogens with two attached hydrogens (primary N) is 1. The highest BCUT2D eigenvalue weighted by Gasteiger charge is 2.31. The molecule has 0 unspecified atom stereocenters. The number of alkyl halides is 3. The maximum absolute atomic E-state index is 13.0. The lowest BCUT2D eigenvalue weighted by atomic mass is 10.1. The first-order chi connectivity index (χ1) is 12.7. The van der Waals surface area contributed by atoms with Gasteiger partial charge in [0.15, 0.2) is 0 Å². The third kappa shape index (κ3) is 5.07. The van der Waals surface area contributed by atoms with Gasteiger partial charge in [-0.2, -0.15) is 13.2 Å². The first-order valence-corrected chi connectivity index (χ1v) is 8.23. The molecule has 0 aliphatic carbocycles. The van der Waals surface area contributed by atoms with Crippen LogP contribution in [-0.2, 0) is 12.7 Å². The van der Waals surface area contributed by atoms with E-state index in [9.17, 15) is 22.8 Å². The third-order valence-corrected chi connectivity index (χ3v) is 4.01. The van der Waals surface area contributed by atoms with Crippen molar-refractivity contribution in [2.75, 3.05) is 18.9 Å². The molecule has 27 heavy (non-hydrogen) atoms. The molecule has 2 amide bonds. The smallest absolute Gasteiger partial charge is 0.342 e. The highest BCUT2D eigenvalue weighted by atomic mass is 19.4. The fourth-order valence-electron chi connectivity index (χ4n) is 2.41. The number of benzene rings is 2. The van der Waals surface area contributed by atoms with E-state index in [0.29, 0.717) is 12.1 Å². The van der Waals surface area contributed by atoms with Crippen molar-refractivity contribution in [1.82, 2.24) is 4.90 Å². The molecule has 5 nitrogen and oxygen atoms in total. The normalized spacial score (nSPS) is 11.2. The number of nitrogens with one attached hydrogen (secondary N) is 1. The zero-order valence-corrected chi connectivity index (χ0v) is 14.9. The zero-order chi connectivity index (χ0) is 20.2. The van der Waals surface area contributed by atoms with Gasteiger partial charge >= 0.3 is 6.18 Å². The fourth-order valence-corrected chi connectivity index (χ4v) is 2.41. The van der Waals surface area contributed by atoms with Crippen molar-refractivity contribution < 1.29 is 22.8 Å². The van der Waals surface area contributed by atoms with Gasteiger partial charge < -0.3 is 16.0 Å². The molecular weight excluding hydrogens is 359 g/mol. The number of amides is 2. The molecule has 2 aromatic rings. The molecule has 0 fully saturated rings. The van der Waals surface area contributed by atoms with E-state index in [2.05, 4.69) is 5.32 Å². The first-order valence-electron chi connectivity index (χ1n) is 8.23. The van der Waals surface area contributed by atoms with Crippen molar-refractivity contribution in [3.05, 3.63) is 64.7 Å². The molecule has 0 aliphatic rings. The van der Waals surface area contributed by atoms with Gasteiger partial charge in [0.25, 0.3) is 11.8 Å². The standard InChI is InChI=1S/C19H20F3N3O2/c1-3-25(2)18(27)14-6-4-5-13(9-14)17(26)24-16-8-12(11-23)7-15(10-16)19(20,21)22/h4-10H,3,11,23H2,1-2H3,(H,24,26). The van der Waals surface area contributed by atoms with Gasteiger partial charge in [-0.1, -0.05) is 6.07 Å². The van der Waals surface area contributed by atoms with Crippen LogP contribution in [0.15, 0.2) is 42.5 Å². The van der Waals surface area contributed by atoms with E-state index in [-0.39, 0.29) is 29.3 Å². The molecule has 0 aromatic heterocycles. The van der Waals surface area contributed by atoms with Gasteiger partial charge in [0, 0.05) is 37.0 Å². The SMILES string of the molecule is CCN(C)C(=O)c1cccc(C(=O)Nc2cc(CN)cc(C(F)(F)F)c2)c1. The lowest BCUT2D eigenvalue weighted by Gasteiger charge is -2.15. The second-order valence-electron chi connectivity index (χ2n) is 5.97. The number of carbonyl (C=O) groups excluding carboxylic acids is 2. The van der Waals surface area contributed by atoms with Crippen molar-refractivity contribution in [1.29, 1.82) is 0 Å². The van der Waals surface area contributed by atoms with E-state index in [0.717, 1.165) is 12.1 Å². The van der Waals surface area contributed by atoms with Crippen molar-refractivity contribution >= 4 is 17.5 Å². The quantitative estimate of drug-likeness (QED) is 0.835. The van der Waals surface area contributed by atoms with Gasteiger partial charge in [-0.05, 0) is 48.9 Å². The minimum absolute atomic E-state index is 0.0160. The molecule has 8 heteroatoms. The van der Waals surface area contributed by atoms with Gasteiger partial charge in [0.1, 0.15) is 0 Å². The molecule has 2 rings (SSSR count). The summed E-state index contributed by atoms with van der Waals surface area (Å²) in [7, 11) is 1.63. The van der Waals surface area contributed by atoms with Gasteiger partial charge in [-0.15, -0.1) is 0 Å². The molecule has 0 heterocycles. The first kappa shape index (κ1) is 20.4. The van der Waals surface area contributed by atoms with Crippen LogP contribution < -0.4 is 11.1 Å². The molecule has 2 aromatic carbocycles. The van der Waals surface area contributed by atoms with Crippen molar-refractivity contribution in [3.8, 4) is 0 Å². The topological polar surface area (TPSA) is 75.4 Å². The van der Waals surface area contributed by atoms with Crippen LogP contribution in [0.25, 0.3) is 0 Å². The Kier molecular flexibility index (Phi) is 6.22. The Bertz CT molecular complexity index is 850. The minimum atomic E-state index is -4.55. The predicted octanol–water partition coefficient (Wildman–Crippen LogP) is 3.51. The molecule has 0 aliphatic heterocycles. The second kappa shape index (κ2) is 8.22. The van der Waals surface area contributed by atoms with Crippen LogP contribution in [-0.4, -0.2) is 30.3 Å². The average molecular weight is 379 g/mol. The van der Waals surface area contributed by atoms with Crippen LogP contribution in [0, 0.1) is 0 Å². The summed E-state index contributed by atoms with van der Waals surface area (Å²) in [5.41, 5.74) is 5.26. The molecular formula is C19H20F3N3O2. The Morgan fingerprint density at radius 2 is 1.78 bits per heavy atom. The lowest BCUT2D eigenvalue weighted by Crippen LogP contribution is -2.26. The van der Waals surface area contributed by atoms with Crippen LogP contribution in [0.4, 0.5) is 18.9 Å². The number of carbonyl (C=O) groups is 2. The Balaban J connectivity index is 2.29. The summed E-state index contributed by atoms with van der Waals surface area (Å²) >= 11 is 0. The summed E-state index contributed by atoms with van der Waals surface area (Å²) in [4.78, 5) is 26.1. The van der Waals surface area contributed by atoms with Crippen LogP contribution in [0.1, 0.15) is 38.8 Å². The number of hydrogen-bond acceptors (Lipinski definition) is 3. The van der Waals surface area contributed by atoms with Crippen LogP contribution in [0.3, 0.4) is 0 Å². The van der Waals surface area contributed by atoms with Crippen molar-refractivity contribution in [2.24, 2.45) is 5.73 Å². The number of nitrogens with zero attached hydrogens (tertiary/aromatic N) is 1. The van der Waals surface area contributed by atoms with Crippen molar-refractivity contribution in [3.63, 3.8) is 0 Å². The number of anilines is 1. The maximum atomic E-state index is 13.0. The lowest BCUT2D eigenvalue weighted by molar-refractivity contribution is -0.137. The highest BCUT2D eigenvalue weighted by molar-refractivity contribution is 6.06. The Morgan fingerprint density at radius 3 is 2.37 bits per heavy atom. The van der Waals surface area contributed by atoms with E-state index < -0.39 is 17.6 Å². The summed E-state index contributed by atoms with van der Waals surface area (Å²) in [6, 6.07) is 9.17. The molecule has 0 atom stereocenters. The van der Waals surface area contributed by atoms with E-state index in [1.54, 1.807) is 19.2 Å². The molecule has 0 radical (unpaired) electrons. The average Bonchev–Trinajstić information content (AvgIpc) is 2.65. The Labute approximate surface area is 155 Å². The largest absolute Gasteiger partial charge is 0.416 e. The summed E-state index contributed by atoms with van der Waals surface area (Å²) in [6.07, 6.45) is -4.55. The molecule has 0 saturated carbocycles. The van der Waals surface area contributed by atoms with Crippen LogP contribution in [0.5, 0.6) is 0 Å². The molecule has 144 valence electrons. The highest BCUT2D eigenvalue weighted by Crippen LogP contribution is 2.32. The third-order valence-electron chi connectivity index (χ3n) is 4.01. The van der Waals surface area contributed by atoms with Crippen LogP contribution >= 0.6 is 0 Å². The summed E-state index contributed by atoms with van der Waals surface area (Å²) in [6.45, 7) is 2.22. The van der Waals surface area contributed by atoms with E-state index in [4.69, 9.17) is 5.73 Å². The Hall–Kier alpha value is -2.87. The van der Waals surface area contributed by atoms with Gasteiger partial charge in [0.05, 0.1) is 5.56 Å². The molecule has 0 saturated heterocycles. The summed E-state index contributed by atoms with van der Waals surface area (Å²) in [5.74, 6) is -0.872. The van der Waals surface area contributed by atoms with E-state index in [1.807, 2.05) is 6.92 Å².